The second-order valence-electron chi connectivity index (χ2n) is 3.91. The molecule has 1 aromatic heterocycles. The number of nitrogens with one attached hydrogen (secondary N) is 1. The number of rotatable bonds is 6. The van der Waals surface area contributed by atoms with E-state index in [0.29, 0.717) is 5.56 Å². The number of halogens is 1. The predicted molar refractivity (Wildman–Crippen MR) is 65.5 cm³/mol. The van der Waals surface area contributed by atoms with Crippen LogP contribution in [0.3, 0.4) is 0 Å². The topological polar surface area (TPSA) is 105 Å². The monoisotopic (exact) mass is 301 g/mol. The largest absolute Gasteiger partial charge is 0.392 e. The maximum atomic E-state index is 13.7. The summed E-state index contributed by atoms with van der Waals surface area (Å²) in [5, 5.41) is 12.2. The van der Waals surface area contributed by atoms with E-state index in [1.165, 1.54) is 12.4 Å². The van der Waals surface area contributed by atoms with Crippen molar-refractivity contribution in [2.45, 2.75) is 17.9 Å². The summed E-state index contributed by atoms with van der Waals surface area (Å²) in [6, 6.07) is 3.43. The van der Waals surface area contributed by atoms with E-state index >= 15 is 0 Å². The quantitative estimate of drug-likeness (QED) is 0.791. The van der Waals surface area contributed by atoms with Gasteiger partial charge < -0.3 is 9.63 Å². The predicted octanol–water partition coefficient (Wildman–Crippen LogP) is 0.222. The molecule has 0 bridgehead atoms. The fourth-order valence-corrected chi connectivity index (χ4v) is 2.63. The Morgan fingerprint density at radius 3 is 2.80 bits per heavy atom. The van der Waals surface area contributed by atoms with Gasteiger partial charge in [0.05, 0.1) is 6.61 Å². The van der Waals surface area contributed by atoms with Crippen LogP contribution >= 0.6 is 0 Å². The van der Waals surface area contributed by atoms with Crippen LogP contribution in [-0.4, -0.2) is 30.2 Å². The molecule has 7 nitrogen and oxygen atoms in total. The number of sulfonamides is 1. The van der Waals surface area contributed by atoms with Gasteiger partial charge in [0, 0.05) is 13.0 Å². The average Bonchev–Trinajstić information content (AvgIpc) is 2.91. The highest BCUT2D eigenvalue weighted by Gasteiger charge is 2.19. The fraction of sp³-hybridized carbons (Fsp3) is 0.273. The molecule has 0 saturated heterocycles. The molecule has 0 aliphatic carbocycles. The van der Waals surface area contributed by atoms with E-state index in [4.69, 9.17) is 9.63 Å². The molecule has 9 heteroatoms. The molecule has 108 valence electrons. The summed E-state index contributed by atoms with van der Waals surface area (Å²) in [7, 11) is -3.97. The van der Waals surface area contributed by atoms with E-state index in [1.54, 1.807) is 0 Å². The number of benzene rings is 1. The molecule has 0 unspecified atom stereocenters. The molecule has 0 atom stereocenters. The molecule has 2 aromatic rings. The number of aliphatic hydroxyl groups is 1. The number of hydrogen-bond acceptors (Lipinski definition) is 6. The summed E-state index contributed by atoms with van der Waals surface area (Å²) >= 11 is 0. The van der Waals surface area contributed by atoms with Gasteiger partial charge in [0.25, 0.3) is 0 Å². The van der Waals surface area contributed by atoms with Gasteiger partial charge in [-0.15, -0.1) is 0 Å². The first kappa shape index (κ1) is 14.6. The molecule has 0 aliphatic rings. The molecule has 2 N–H and O–H groups in total. The van der Waals surface area contributed by atoms with Gasteiger partial charge >= 0.3 is 0 Å². The number of nitrogens with zero attached hydrogens (tertiary/aromatic N) is 2. The summed E-state index contributed by atoms with van der Waals surface area (Å²) in [4.78, 5) is 3.26. The standard InChI is InChI=1S/C11H12FN3O4S/c12-9-5-8(6-16)1-2-10(9)20(17,18)15-4-3-11-13-7-14-19-11/h1-2,5,7,15-16H,3-4,6H2. The molecule has 0 amide bonds. The van der Waals surface area contributed by atoms with Crippen molar-refractivity contribution in [3.8, 4) is 0 Å². The first-order chi connectivity index (χ1) is 9.53. The normalized spacial score (nSPS) is 11.7. The molecule has 2 rings (SSSR count). The molecule has 1 heterocycles. The van der Waals surface area contributed by atoms with Crippen LogP contribution in [0.4, 0.5) is 4.39 Å². The van der Waals surface area contributed by atoms with Gasteiger partial charge in [0.15, 0.2) is 6.33 Å². The second-order valence-corrected chi connectivity index (χ2v) is 5.64. The van der Waals surface area contributed by atoms with Gasteiger partial charge in [-0.25, -0.2) is 17.5 Å². The lowest BCUT2D eigenvalue weighted by Gasteiger charge is -2.07. The Labute approximate surface area is 114 Å². The van der Waals surface area contributed by atoms with E-state index < -0.39 is 20.7 Å². The van der Waals surface area contributed by atoms with Gasteiger partial charge in [0.2, 0.25) is 15.9 Å². The Morgan fingerprint density at radius 1 is 1.40 bits per heavy atom. The van der Waals surface area contributed by atoms with E-state index in [9.17, 15) is 12.8 Å². The molecule has 0 radical (unpaired) electrons. The maximum Gasteiger partial charge on any atom is 0.243 e. The third-order valence-electron chi connectivity index (χ3n) is 2.51. The minimum absolute atomic E-state index is 0.00567. The Hall–Kier alpha value is -1.84. The minimum Gasteiger partial charge on any atom is -0.392 e. The highest BCUT2D eigenvalue weighted by Crippen LogP contribution is 2.16. The van der Waals surface area contributed by atoms with Crippen molar-refractivity contribution in [1.29, 1.82) is 0 Å². The van der Waals surface area contributed by atoms with Crippen LogP contribution in [0.2, 0.25) is 0 Å². The molecule has 0 spiro atoms. The Kier molecular flexibility index (Phi) is 4.42. The van der Waals surface area contributed by atoms with Crippen LogP contribution in [0.25, 0.3) is 0 Å². The van der Waals surface area contributed by atoms with Crippen molar-refractivity contribution in [3.05, 3.63) is 41.8 Å². The third-order valence-corrected chi connectivity index (χ3v) is 4.00. The van der Waals surface area contributed by atoms with Gasteiger partial charge in [-0.05, 0) is 17.7 Å². The van der Waals surface area contributed by atoms with E-state index in [0.717, 1.165) is 12.1 Å². The number of hydrogen-bond donors (Lipinski definition) is 2. The third kappa shape index (κ3) is 3.38. The minimum atomic E-state index is -3.97. The van der Waals surface area contributed by atoms with Crippen LogP contribution in [-0.2, 0) is 23.1 Å². The second kappa shape index (κ2) is 6.07. The molecule has 0 fully saturated rings. The van der Waals surface area contributed by atoms with Gasteiger partial charge in [-0.2, -0.15) is 4.98 Å². The van der Waals surface area contributed by atoms with E-state index in [2.05, 4.69) is 14.9 Å². The van der Waals surface area contributed by atoms with Crippen LogP contribution < -0.4 is 4.72 Å². The summed E-state index contributed by atoms with van der Waals surface area (Å²) < 4.78 is 44.4. The van der Waals surface area contributed by atoms with Crippen LogP contribution in [0.15, 0.2) is 33.9 Å². The lowest BCUT2D eigenvalue weighted by atomic mass is 10.2. The highest BCUT2D eigenvalue weighted by molar-refractivity contribution is 7.89. The lowest BCUT2D eigenvalue weighted by Crippen LogP contribution is -2.27. The smallest absolute Gasteiger partial charge is 0.243 e. The van der Waals surface area contributed by atoms with Crippen LogP contribution in [0.1, 0.15) is 11.5 Å². The molecular weight excluding hydrogens is 289 g/mol. The van der Waals surface area contributed by atoms with Gasteiger partial charge in [-0.3, -0.25) is 0 Å². The Morgan fingerprint density at radius 2 is 2.20 bits per heavy atom. The van der Waals surface area contributed by atoms with Crippen LogP contribution in [0.5, 0.6) is 0 Å². The van der Waals surface area contributed by atoms with Gasteiger partial charge in [0.1, 0.15) is 10.7 Å². The molecule has 1 aromatic carbocycles. The first-order valence-corrected chi connectivity index (χ1v) is 7.16. The molecule has 0 saturated carbocycles. The Balaban J connectivity index is 2.06. The zero-order chi connectivity index (χ0) is 14.6. The first-order valence-electron chi connectivity index (χ1n) is 5.67. The summed E-state index contributed by atoms with van der Waals surface area (Å²) in [5.74, 6) is -0.634. The van der Waals surface area contributed by atoms with Crippen molar-refractivity contribution in [2.75, 3.05) is 6.54 Å². The average molecular weight is 301 g/mol. The summed E-state index contributed by atoms with van der Waals surface area (Å²) in [6.07, 6.45) is 1.41. The zero-order valence-corrected chi connectivity index (χ0v) is 11.1. The van der Waals surface area contributed by atoms with Crippen molar-refractivity contribution < 1.29 is 22.4 Å². The van der Waals surface area contributed by atoms with Crippen molar-refractivity contribution >= 4 is 10.0 Å². The zero-order valence-electron chi connectivity index (χ0n) is 10.3. The number of aliphatic hydroxyl groups excluding tert-OH is 1. The maximum absolute atomic E-state index is 13.7. The van der Waals surface area contributed by atoms with E-state index in [1.807, 2.05) is 0 Å². The summed E-state index contributed by atoms with van der Waals surface area (Å²) in [5.41, 5.74) is 0.298. The summed E-state index contributed by atoms with van der Waals surface area (Å²) in [6.45, 7) is -0.354. The fourth-order valence-electron chi connectivity index (χ4n) is 1.54. The van der Waals surface area contributed by atoms with Crippen molar-refractivity contribution in [1.82, 2.24) is 14.9 Å². The van der Waals surface area contributed by atoms with Gasteiger partial charge in [-0.1, -0.05) is 11.2 Å². The molecule has 0 aliphatic heterocycles. The van der Waals surface area contributed by atoms with E-state index in [-0.39, 0.29) is 25.5 Å². The SMILES string of the molecule is O=S(=O)(NCCc1ncno1)c1ccc(CO)cc1F. The van der Waals surface area contributed by atoms with Crippen molar-refractivity contribution in [3.63, 3.8) is 0 Å². The van der Waals surface area contributed by atoms with Crippen LogP contribution in [0, 0.1) is 5.82 Å². The lowest BCUT2D eigenvalue weighted by molar-refractivity contribution is 0.281. The highest BCUT2D eigenvalue weighted by atomic mass is 32.2. The number of aromatic nitrogens is 2. The van der Waals surface area contributed by atoms with Crippen molar-refractivity contribution in [2.24, 2.45) is 0 Å². The molecule has 20 heavy (non-hydrogen) atoms. The Bertz CT molecular complexity index is 673. The molecular formula is C11H12FN3O4S.